The Balaban J connectivity index is 0.00000144. The van der Waals surface area contributed by atoms with E-state index in [9.17, 15) is 0 Å². The lowest BCUT2D eigenvalue weighted by atomic mass is 9.87. The topological polar surface area (TPSA) is 30.5 Å². The molecule has 0 bridgehead atoms. The molecule has 0 amide bonds. The third kappa shape index (κ3) is 2.50. The molecular weight excluding hydrogens is 238 g/mol. The van der Waals surface area contributed by atoms with Gasteiger partial charge in [0.1, 0.15) is 0 Å². The van der Waals surface area contributed by atoms with Crippen LogP contribution in [0, 0.1) is 0 Å². The maximum Gasteiger partial charge on any atom is 0.165 e. The summed E-state index contributed by atoms with van der Waals surface area (Å²) >= 11 is 0. The average molecular weight is 258 g/mol. The molecule has 0 heterocycles. The standard InChI is InChI=1S/C13H19NO2.ClH/c1-14-10-6-4-5-9-7-8-11(15-2)13(16-3)12(9)10;/h7-8,10,14H,4-6H2,1-3H3;1H. The number of hydrogen-bond donors (Lipinski definition) is 1. The minimum atomic E-state index is 0. The van der Waals surface area contributed by atoms with Gasteiger partial charge in [-0.3, -0.25) is 0 Å². The van der Waals surface area contributed by atoms with E-state index < -0.39 is 0 Å². The fourth-order valence-corrected chi connectivity index (χ4v) is 2.52. The quantitative estimate of drug-likeness (QED) is 0.903. The number of fused-ring (bicyclic) bond motifs is 1. The molecule has 1 aliphatic carbocycles. The first-order valence-electron chi connectivity index (χ1n) is 5.72. The molecule has 0 saturated carbocycles. The van der Waals surface area contributed by atoms with Crippen molar-refractivity contribution in [2.75, 3.05) is 21.3 Å². The van der Waals surface area contributed by atoms with E-state index in [1.165, 1.54) is 17.5 Å². The molecule has 1 aromatic rings. The largest absolute Gasteiger partial charge is 0.493 e. The summed E-state index contributed by atoms with van der Waals surface area (Å²) < 4.78 is 10.8. The summed E-state index contributed by atoms with van der Waals surface area (Å²) in [4.78, 5) is 0. The van der Waals surface area contributed by atoms with E-state index in [0.29, 0.717) is 6.04 Å². The van der Waals surface area contributed by atoms with E-state index in [1.807, 2.05) is 13.1 Å². The number of ether oxygens (including phenoxy) is 2. The van der Waals surface area contributed by atoms with Crippen molar-refractivity contribution < 1.29 is 9.47 Å². The summed E-state index contributed by atoms with van der Waals surface area (Å²) in [6.45, 7) is 0. The van der Waals surface area contributed by atoms with Crippen LogP contribution in [0.25, 0.3) is 0 Å². The first kappa shape index (κ1) is 14.1. The van der Waals surface area contributed by atoms with Gasteiger partial charge in [-0.05, 0) is 37.9 Å². The molecule has 1 atom stereocenters. The summed E-state index contributed by atoms with van der Waals surface area (Å²) in [5.74, 6) is 1.71. The molecule has 4 heteroatoms. The van der Waals surface area contributed by atoms with Crippen LogP contribution in [0.1, 0.15) is 30.0 Å². The van der Waals surface area contributed by atoms with Gasteiger partial charge in [-0.15, -0.1) is 12.4 Å². The maximum absolute atomic E-state index is 5.50. The highest BCUT2D eigenvalue weighted by Gasteiger charge is 2.24. The van der Waals surface area contributed by atoms with Crippen molar-refractivity contribution in [2.24, 2.45) is 0 Å². The zero-order valence-corrected chi connectivity index (χ0v) is 11.4. The Morgan fingerprint density at radius 2 is 2.00 bits per heavy atom. The fourth-order valence-electron chi connectivity index (χ4n) is 2.52. The monoisotopic (exact) mass is 257 g/mol. The van der Waals surface area contributed by atoms with Crippen molar-refractivity contribution in [3.63, 3.8) is 0 Å². The van der Waals surface area contributed by atoms with Gasteiger partial charge in [-0.2, -0.15) is 0 Å². The number of rotatable bonds is 3. The second-order valence-corrected chi connectivity index (χ2v) is 4.11. The number of aryl methyl sites for hydroxylation is 1. The molecule has 0 spiro atoms. The molecular formula is C13H20ClNO2. The van der Waals surface area contributed by atoms with Crippen molar-refractivity contribution >= 4 is 12.4 Å². The lowest BCUT2D eigenvalue weighted by Crippen LogP contribution is -2.22. The smallest absolute Gasteiger partial charge is 0.165 e. The zero-order valence-electron chi connectivity index (χ0n) is 10.6. The molecule has 1 aromatic carbocycles. The van der Waals surface area contributed by atoms with E-state index in [2.05, 4.69) is 11.4 Å². The maximum atomic E-state index is 5.50. The van der Waals surface area contributed by atoms with Gasteiger partial charge in [0, 0.05) is 11.6 Å². The Hall–Kier alpha value is -0.930. The van der Waals surface area contributed by atoms with E-state index in [1.54, 1.807) is 14.2 Å². The molecule has 96 valence electrons. The Morgan fingerprint density at radius 3 is 2.59 bits per heavy atom. The molecule has 0 radical (unpaired) electrons. The van der Waals surface area contributed by atoms with Crippen molar-refractivity contribution in [2.45, 2.75) is 25.3 Å². The second kappa shape index (κ2) is 6.12. The molecule has 0 aliphatic heterocycles. The predicted molar refractivity (Wildman–Crippen MR) is 71.5 cm³/mol. The zero-order chi connectivity index (χ0) is 11.5. The van der Waals surface area contributed by atoms with Crippen LogP contribution in [-0.2, 0) is 6.42 Å². The van der Waals surface area contributed by atoms with Crippen LogP contribution in [-0.4, -0.2) is 21.3 Å². The minimum absolute atomic E-state index is 0. The van der Waals surface area contributed by atoms with Gasteiger partial charge in [-0.1, -0.05) is 6.07 Å². The Bertz CT molecular complexity index is 382. The van der Waals surface area contributed by atoms with Crippen LogP contribution in [0.2, 0.25) is 0 Å². The normalized spacial score (nSPS) is 17.9. The lowest BCUT2D eigenvalue weighted by molar-refractivity contribution is 0.342. The number of benzene rings is 1. The van der Waals surface area contributed by atoms with Crippen molar-refractivity contribution in [3.8, 4) is 11.5 Å². The van der Waals surface area contributed by atoms with Crippen LogP contribution in [0.3, 0.4) is 0 Å². The Kier molecular flexibility index (Phi) is 5.09. The number of nitrogens with one attached hydrogen (secondary N) is 1. The van der Waals surface area contributed by atoms with E-state index in [-0.39, 0.29) is 12.4 Å². The van der Waals surface area contributed by atoms with E-state index in [4.69, 9.17) is 9.47 Å². The predicted octanol–water partition coefficient (Wildman–Crippen LogP) is 2.72. The summed E-state index contributed by atoms with van der Waals surface area (Å²) in [7, 11) is 5.39. The second-order valence-electron chi connectivity index (χ2n) is 4.11. The van der Waals surface area contributed by atoms with Gasteiger partial charge >= 0.3 is 0 Å². The van der Waals surface area contributed by atoms with Crippen LogP contribution in [0.5, 0.6) is 11.5 Å². The number of halogens is 1. The van der Waals surface area contributed by atoms with Crippen LogP contribution < -0.4 is 14.8 Å². The van der Waals surface area contributed by atoms with Crippen LogP contribution >= 0.6 is 12.4 Å². The van der Waals surface area contributed by atoms with Gasteiger partial charge in [0.05, 0.1) is 14.2 Å². The van der Waals surface area contributed by atoms with Crippen LogP contribution in [0.15, 0.2) is 12.1 Å². The summed E-state index contributed by atoms with van der Waals surface area (Å²) in [5.41, 5.74) is 2.65. The summed E-state index contributed by atoms with van der Waals surface area (Å²) in [5, 5.41) is 3.35. The summed E-state index contributed by atoms with van der Waals surface area (Å²) in [6, 6.07) is 4.53. The van der Waals surface area contributed by atoms with Crippen molar-refractivity contribution in [1.29, 1.82) is 0 Å². The van der Waals surface area contributed by atoms with Crippen molar-refractivity contribution in [1.82, 2.24) is 5.32 Å². The first-order chi connectivity index (χ1) is 7.81. The molecule has 1 aliphatic rings. The molecule has 0 fully saturated rings. The van der Waals surface area contributed by atoms with E-state index in [0.717, 1.165) is 24.3 Å². The van der Waals surface area contributed by atoms with Gasteiger partial charge < -0.3 is 14.8 Å². The first-order valence-corrected chi connectivity index (χ1v) is 5.72. The Morgan fingerprint density at radius 1 is 1.24 bits per heavy atom. The minimum Gasteiger partial charge on any atom is -0.493 e. The fraction of sp³-hybridized carbons (Fsp3) is 0.538. The highest BCUT2D eigenvalue weighted by Crippen LogP contribution is 2.41. The highest BCUT2D eigenvalue weighted by molar-refractivity contribution is 5.85. The van der Waals surface area contributed by atoms with Gasteiger partial charge in [-0.25, -0.2) is 0 Å². The van der Waals surface area contributed by atoms with Crippen LogP contribution in [0.4, 0.5) is 0 Å². The lowest BCUT2D eigenvalue weighted by Gasteiger charge is -2.27. The molecule has 0 saturated heterocycles. The molecule has 1 N–H and O–H groups in total. The molecule has 17 heavy (non-hydrogen) atoms. The highest BCUT2D eigenvalue weighted by atomic mass is 35.5. The van der Waals surface area contributed by atoms with Gasteiger partial charge in [0.2, 0.25) is 0 Å². The molecule has 1 unspecified atom stereocenters. The molecule has 3 nitrogen and oxygen atoms in total. The Labute approximate surface area is 109 Å². The number of methoxy groups -OCH3 is 2. The third-order valence-corrected chi connectivity index (χ3v) is 3.31. The molecule has 0 aromatic heterocycles. The van der Waals surface area contributed by atoms with Crippen molar-refractivity contribution in [3.05, 3.63) is 23.3 Å². The average Bonchev–Trinajstić information content (AvgIpc) is 2.36. The van der Waals surface area contributed by atoms with Gasteiger partial charge in [0.15, 0.2) is 11.5 Å². The SMILES string of the molecule is CNC1CCCc2ccc(OC)c(OC)c21.Cl. The van der Waals surface area contributed by atoms with Gasteiger partial charge in [0.25, 0.3) is 0 Å². The summed E-state index contributed by atoms with van der Waals surface area (Å²) in [6.07, 6.45) is 3.52. The number of hydrogen-bond acceptors (Lipinski definition) is 3. The molecule has 2 rings (SSSR count). The third-order valence-electron chi connectivity index (χ3n) is 3.31. The van der Waals surface area contributed by atoms with E-state index >= 15 is 0 Å².